The number of carbonyl (C=O) groups excluding carboxylic acids is 1. The Morgan fingerprint density at radius 1 is 1.28 bits per heavy atom. The van der Waals surface area contributed by atoms with Gasteiger partial charge in [0.15, 0.2) is 0 Å². The maximum atomic E-state index is 12.6. The lowest BCUT2D eigenvalue weighted by atomic mass is 10.1. The van der Waals surface area contributed by atoms with Gasteiger partial charge in [0.25, 0.3) is 15.9 Å². The summed E-state index contributed by atoms with van der Waals surface area (Å²) in [7, 11) is -0.0587. The summed E-state index contributed by atoms with van der Waals surface area (Å²) in [5.41, 5.74) is 1.48. The Morgan fingerprint density at radius 2 is 2.00 bits per heavy atom. The first kappa shape index (κ1) is 17.2. The molecule has 0 aliphatic carbocycles. The normalized spacial score (nSPS) is 18.1. The van der Waals surface area contributed by atoms with Crippen LogP contribution in [0.1, 0.15) is 5.56 Å². The van der Waals surface area contributed by atoms with E-state index in [-0.39, 0.29) is 11.7 Å². The van der Waals surface area contributed by atoms with Crippen LogP contribution in [0.5, 0.6) is 5.75 Å². The van der Waals surface area contributed by atoms with Gasteiger partial charge in [-0.1, -0.05) is 12.1 Å². The molecule has 0 saturated carbocycles. The molecule has 1 aromatic carbocycles. The highest BCUT2D eigenvalue weighted by Crippen LogP contribution is 2.18. The first-order valence-electron chi connectivity index (χ1n) is 7.75. The number of sulfonamides is 1. The largest absolute Gasteiger partial charge is 0.497 e. The van der Waals surface area contributed by atoms with Gasteiger partial charge in [-0.25, -0.2) is 8.42 Å². The molecular weight excluding hydrogens is 342 g/mol. The second-order valence-electron chi connectivity index (χ2n) is 5.86. The van der Waals surface area contributed by atoms with Crippen molar-refractivity contribution in [2.75, 3.05) is 26.5 Å². The maximum absolute atomic E-state index is 12.6. The quantitative estimate of drug-likeness (QED) is 0.804. The Morgan fingerprint density at radius 3 is 2.68 bits per heavy atom. The summed E-state index contributed by atoms with van der Waals surface area (Å²) in [6.45, 7) is 0.758. The number of fused-ring (bicyclic) bond motifs is 1. The van der Waals surface area contributed by atoms with Crippen molar-refractivity contribution in [3.63, 3.8) is 0 Å². The van der Waals surface area contributed by atoms with Gasteiger partial charge in [0.2, 0.25) is 0 Å². The zero-order valence-corrected chi connectivity index (χ0v) is 14.9. The lowest BCUT2D eigenvalue weighted by Crippen LogP contribution is -2.38. The summed E-state index contributed by atoms with van der Waals surface area (Å²) in [6.07, 6.45) is 4.81. The van der Waals surface area contributed by atoms with Crippen LogP contribution in [-0.4, -0.2) is 56.4 Å². The van der Waals surface area contributed by atoms with Crippen molar-refractivity contribution in [1.82, 2.24) is 9.80 Å². The van der Waals surface area contributed by atoms with Gasteiger partial charge in [0.05, 0.1) is 18.4 Å². The molecule has 0 unspecified atom stereocenters. The number of amides is 1. The molecule has 1 amide bonds. The molecule has 7 nitrogen and oxygen atoms in total. The molecule has 1 aromatic rings. The summed E-state index contributed by atoms with van der Waals surface area (Å²) >= 11 is 0. The third-order valence-electron chi connectivity index (χ3n) is 4.00. The van der Waals surface area contributed by atoms with E-state index < -0.39 is 10.0 Å². The van der Waals surface area contributed by atoms with E-state index in [1.807, 2.05) is 24.3 Å². The Hall–Kier alpha value is -2.61. The zero-order valence-electron chi connectivity index (χ0n) is 14.0. The van der Waals surface area contributed by atoms with Crippen LogP contribution in [0.4, 0.5) is 0 Å². The molecule has 8 heteroatoms. The maximum Gasteiger partial charge on any atom is 0.256 e. The predicted molar refractivity (Wildman–Crippen MR) is 94.6 cm³/mol. The minimum absolute atomic E-state index is 0.0516. The van der Waals surface area contributed by atoms with Crippen LogP contribution in [0, 0.1) is 0 Å². The summed E-state index contributed by atoms with van der Waals surface area (Å²) in [5, 5.41) is 0. The van der Waals surface area contributed by atoms with Gasteiger partial charge in [0.1, 0.15) is 11.6 Å². The van der Waals surface area contributed by atoms with Gasteiger partial charge in [-0.2, -0.15) is 0 Å². The number of ether oxygens (including phenoxy) is 1. The predicted octanol–water partition coefficient (Wildman–Crippen LogP) is 1.15. The number of rotatable bonds is 4. The fraction of sp³-hybridized carbons (Fsp3) is 0.294. The lowest BCUT2D eigenvalue weighted by molar-refractivity contribution is -0.126. The van der Waals surface area contributed by atoms with Crippen molar-refractivity contribution >= 4 is 21.8 Å². The summed E-state index contributed by atoms with van der Waals surface area (Å²) in [5.74, 6) is 0.923. The molecule has 2 heterocycles. The smallest absolute Gasteiger partial charge is 0.256 e. The molecule has 0 spiro atoms. The standard InChI is InChI=1S/C17H19N3O4S/c1-19(11-13-3-6-15(24-2)7-4-13)17(21)14-5-8-16-18-25(22,23)10-9-20(16)12-14/h3-8,12H,9-11H2,1-2H3. The monoisotopic (exact) mass is 361 g/mol. The molecule has 0 aromatic heterocycles. The molecule has 132 valence electrons. The van der Waals surface area contributed by atoms with Crippen molar-refractivity contribution in [2.45, 2.75) is 6.54 Å². The van der Waals surface area contributed by atoms with Crippen LogP contribution >= 0.6 is 0 Å². The van der Waals surface area contributed by atoms with Crippen molar-refractivity contribution in [3.05, 3.63) is 53.8 Å². The second-order valence-corrected chi connectivity index (χ2v) is 7.61. The van der Waals surface area contributed by atoms with E-state index in [4.69, 9.17) is 4.74 Å². The molecule has 0 atom stereocenters. The average molecular weight is 361 g/mol. The Labute approximate surface area is 147 Å². The number of likely N-dealkylation sites (N-methyl/N-ethyl adjacent to an activating group) is 1. The van der Waals surface area contributed by atoms with E-state index >= 15 is 0 Å². The third kappa shape index (κ3) is 3.90. The van der Waals surface area contributed by atoms with Gasteiger partial charge >= 0.3 is 0 Å². The SMILES string of the molecule is COc1ccc(CN(C)C(=O)C2=CN3CCS(=O)(=O)N=C3C=C2)cc1. The highest BCUT2D eigenvalue weighted by molar-refractivity contribution is 7.90. The van der Waals surface area contributed by atoms with E-state index in [2.05, 4.69) is 4.40 Å². The number of nitrogens with zero attached hydrogens (tertiary/aromatic N) is 3. The fourth-order valence-electron chi connectivity index (χ4n) is 2.62. The van der Waals surface area contributed by atoms with Gasteiger partial charge in [-0.15, -0.1) is 4.40 Å². The van der Waals surface area contributed by atoms with Crippen LogP contribution < -0.4 is 4.74 Å². The Balaban J connectivity index is 1.70. The summed E-state index contributed by atoms with van der Waals surface area (Å²) < 4.78 is 31.9. The van der Waals surface area contributed by atoms with Crippen LogP contribution in [0.25, 0.3) is 0 Å². The van der Waals surface area contributed by atoms with Crippen molar-refractivity contribution in [1.29, 1.82) is 0 Å². The van der Waals surface area contributed by atoms with Crippen LogP contribution in [0.2, 0.25) is 0 Å². The molecule has 3 rings (SSSR count). The molecule has 25 heavy (non-hydrogen) atoms. The molecule has 0 fully saturated rings. The minimum atomic E-state index is -3.39. The van der Waals surface area contributed by atoms with E-state index in [0.29, 0.717) is 24.5 Å². The molecule has 0 radical (unpaired) electrons. The zero-order chi connectivity index (χ0) is 18.0. The number of hydrogen-bond donors (Lipinski definition) is 0. The second kappa shape index (κ2) is 6.72. The molecule has 0 N–H and O–H groups in total. The number of amidine groups is 1. The van der Waals surface area contributed by atoms with Crippen molar-refractivity contribution in [3.8, 4) is 5.75 Å². The Kier molecular flexibility index (Phi) is 4.63. The number of benzene rings is 1. The molecule has 0 bridgehead atoms. The van der Waals surface area contributed by atoms with Crippen LogP contribution in [0.3, 0.4) is 0 Å². The van der Waals surface area contributed by atoms with Gasteiger partial charge in [-0.05, 0) is 29.8 Å². The number of carbonyl (C=O) groups is 1. The van der Waals surface area contributed by atoms with Gasteiger partial charge < -0.3 is 14.5 Å². The molecule has 2 aliphatic heterocycles. The molecule has 2 aliphatic rings. The summed E-state index contributed by atoms with van der Waals surface area (Å²) in [6, 6.07) is 7.52. The first-order valence-corrected chi connectivity index (χ1v) is 9.36. The van der Waals surface area contributed by atoms with E-state index in [0.717, 1.165) is 11.3 Å². The number of methoxy groups -OCH3 is 1. The number of hydrogen-bond acceptors (Lipinski definition) is 5. The van der Waals surface area contributed by atoms with Gasteiger partial charge in [-0.3, -0.25) is 4.79 Å². The van der Waals surface area contributed by atoms with Gasteiger partial charge in [0, 0.05) is 26.3 Å². The topological polar surface area (TPSA) is 79.3 Å². The van der Waals surface area contributed by atoms with E-state index in [9.17, 15) is 13.2 Å². The Bertz CT molecular complexity index is 870. The fourth-order valence-corrected chi connectivity index (χ4v) is 3.59. The highest BCUT2D eigenvalue weighted by atomic mass is 32.2. The lowest BCUT2D eigenvalue weighted by Gasteiger charge is -2.28. The van der Waals surface area contributed by atoms with Crippen LogP contribution in [-0.2, 0) is 21.4 Å². The molecule has 0 saturated heterocycles. The average Bonchev–Trinajstić information content (AvgIpc) is 2.60. The van der Waals surface area contributed by atoms with Crippen molar-refractivity contribution in [2.24, 2.45) is 4.40 Å². The highest BCUT2D eigenvalue weighted by Gasteiger charge is 2.25. The molecular formula is C17H19N3O4S. The summed E-state index contributed by atoms with van der Waals surface area (Å²) in [4.78, 5) is 15.9. The van der Waals surface area contributed by atoms with Crippen LogP contribution in [0.15, 0.2) is 52.6 Å². The van der Waals surface area contributed by atoms with E-state index in [1.165, 1.54) is 0 Å². The third-order valence-corrected chi connectivity index (χ3v) is 5.16. The first-order chi connectivity index (χ1) is 11.9. The minimum Gasteiger partial charge on any atom is -0.497 e. The van der Waals surface area contributed by atoms with E-state index in [1.54, 1.807) is 42.3 Å². The van der Waals surface area contributed by atoms with Crippen molar-refractivity contribution < 1.29 is 17.9 Å².